The van der Waals surface area contributed by atoms with Crippen molar-refractivity contribution in [3.63, 3.8) is 0 Å². The van der Waals surface area contributed by atoms with E-state index in [1.54, 1.807) is 24.2 Å². The maximum atomic E-state index is 8.80. The Morgan fingerprint density at radius 1 is 1.57 bits per heavy atom. The Kier molecular flexibility index (Phi) is 1.82. The fourth-order valence-corrected chi connectivity index (χ4v) is 1.21. The molecule has 14 heavy (non-hydrogen) atoms. The Hall–Kier alpha value is -2.09. The van der Waals surface area contributed by atoms with Gasteiger partial charge in [-0.25, -0.2) is 4.98 Å². The zero-order chi connectivity index (χ0) is 10.1. The molecule has 70 valence electrons. The molecule has 2 rings (SSSR count). The maximum absolute atomic E-state index is 8.80. The second-order valence-electron chi connectivity index (χ2n) is 2.97. The number of oxazole rings is 1. The van der Waals surface area contributed by atoms with Crippen LogP contribution in [0.5, 0.6) is 0 Å². The number of nitrogens with zero attached hydrogens (tertiary/aromatic N) is 4. The van der Waals surface area contributed by atoms with Crippen LogP contribution in [0.15, 0.2) is 16.9 Å². The lowest BCUT2D eigenvalue weighted by Gasteiger charge is -1.86. The Morgan fingerprint density at radius 3 is 2.93 bits per heavy atom. The van der Waals surface area contributed by atoms with E-state index >= 15 is 0 Å². The third kappa shape index (κ3) is 1.27. The molecule has 0 unspecified atom stereocenters. The zero-order valence-corrected chi connectivity index (χ0v) is 7.85. The fraction of sp³-hybridized carbons (Fsp3) is 0.222. The number of hydrogen-bond acceptors (Lipinski definition) is 4. The van der Waals surface area contributed by atoms with Gasteiger partial charge in [-0.15, -0.1) is 0 Å². The van der Waals surface area contributed by atoms with Crippen molar-refractivity contribution in [3.8, 4) is 17.5 Å². The summed E-state index contributed by atoms with van der Waals surface area (Å²) in [6, 6.07) is 1.99. The minimum atomic E-state index is 0.328. The molecule has 0 atom stereocenters. The van der Waals surface area contributed by atoms with Gasteiger partial charge < -0.3 is 4.42 Å². The zero-order valence-electron chi connectivity index (χ0n) is 7.85. The minimum Gasteiger partial charge on any atom is -0.444 e. The maximum Gasteiger partial charge on any atom is 0.230 e. The molecule has 2 aromatic rings. The van der Waals surface area contributed by atoms with Crippen LogP contribution in [0.3, 0.4) is 0 Å². The predicted octanol–water partition coefficient (Wildman–Crippen LogP) is 1.26. The van der Waals surface area contributed by atoms with Crippen LogP contribution in [0.2, 0.25) is 0 Å². The van der Waals surface area contributed by atoms with Crippen molar-refractivity contribution >= 4 is 0 Å². The van der Waals surface area contributed by atoms with Gasteiger partial charge >= 0.3 is 0 Å². The summed E-state index contributed by atoms with van der Waals surface area (Å²) in [6.07, 6.45) is 3.26. The molecule has 2 heterocycles. The number of aryl methyl sites for hydroxylation is 2. The number of nitriles is 1. The van der Waals surface area contributed by atoms with Crippen LogP contribution in [0.1, 0.15) is 11.4 Å². The van der Waals surface area contributed by atoms with Crippen LogP contribution in [0, 0.1) is 18.3 Å². The highest BCUT2D eigenvalue weighted by atomic mass is 16.3. The SMILES string of the molecule is Cc1coc(-c2cn(C)nc2C#N)n1. The molecule has 0 saturated carbocycles. The Balaban J connectivity index is 2.56. The number of hydrogen-bond donors (Lipinski definition) is 0. The van der Waals surface area contributed by atoms with Gasteiger partial charge in [-0.05, 0) is 6.92 Å². The molecule has 0 amide bonds. The van der Waals surface area contributed by atoms with Crippen molar-refractivity contribution < 1.29 is 4.42 Å². The molecule has 0 fully saturated rings. The topological polar surface area (TPSA) is 67.6 Å². The minimum absolute atomic E-state index is 0.328. The van der Waals surface area contributed by atoms with Gasteiger partial charge in [-0.1, -0.05) is 0 Å². The van der Waals surface area contributed by atoms with E-state index in [2.05, 4.69) is 10.1 Å². The van der Waals surface area contributed by atoms with Gasteiger partial charge in [-0.3, -0.25) is 4.68 Å². The largest absolute Gasteiger partial charge is 0.444 e. The molecular formula is C9H8N4O. The van der Waals surface area contributed by atoms with E-state index in [9.17, 15) is 0 Å². The van der Waals surface area contributed by atoms with E-state index in [4.69, 9.17) is 9.68 Å². The van der Waals surface area contributed by atoms with E-state index < -0.39 is 0 Å². The average Bonchev–Trinajstić information content (AvgIpc) is 2.71. The van der Waals surface area contributed by atoms with Gasteiger partial charge in [0.2, 0.25) is 5.89 Å². The molecule has 0 aliphatic rings. The van der Waals surface area contributed by atoms with Crippen molar-refractivity contribution in [2.75, 3.05) is 0 Å². The Bertz CT molecular complexity index is 503. The van der Waals surface area contributed by atoms with Crippen LogP contribution in [0.4, 0.5) is 0 Å². The van der Waals surface area contributed by atoms with E-state index in [0.717, 1.165) is 5.69 Å². The Morgan fingerprint density at radius 2 is 2.36 bits per heavy atom. The fourth-order valence-electron chi connectivity index (χ4n) is 1.21. The smallest absolute Gasteiger partial charge is 0.230 e. The molecule has 2 aromatic heterocycles. The summed E-state index contributed by atoms with van der Waals surface area (Å²) < 4.78 is 6.75. The highest BCUT2D eigenvalue weighted by Gasteiger charge is 2.13. The highest BCUT2D eigenvalue weighted by molar-refractivity contribution is 5.59. The molecule has 0 bridgehead atoms. The summed E-state index contributed by atoms with van der Waals surface area (Å²) in [6.45, 7) is 1.83. The third-order valence-electron chi connectivity index (χ3n) is 1.78. The van der Waals surface area contributed by atoms with Gasteiger partial charge in [0.05, 0.1) is 11.3 Å². The van der Waals surface area contributed by atoms with Gasteiger partial charge in [-0.2, -0.15) is 10.4 Å². The summed E-state index contributed by atoms with van der Waals surface area (Å²) in [5, 5.41) is 12.8. The predicted molar refractivity (Wildman–Crippen MR) is 48.2 cm³/mol. The van der Waals surface area contributed by atoms with Crippen molar-refractivity contribution in [2.24, 2.45) is 7.05 Å². The van der Waals surface area contributed by atoms with Crippen LogP contribution in [0.25, 0.3) is 11.5 Å². The molecule has 0 saturated heterocycles. The number of aromatic nitrogens is 3. The van der Waals surface area contributed by atoms with E-state index in [-0.39, 0.29) is 0 Å². The summed E-state index contributed by atoms with van der Waals surface area (Å²) >= 11 is 0. The van der Waals surface area contributed by atoms with Crippen molar-refractivity contribution in [1.29, 1.82) is 5.26 Å². The summed E-state index contributed by atoms with van der Waals surface area (Å²) in [5.74, 6) is 0.437. The molecule has 0 aliphatic heterocycles. The summed E-state index contributed by atoms with van der Waals surface area (Å²) in [4.78, 5) is 4.13. The first-order chi connectivity index (χ1) is 6.70. The monoisotopic (exact) mass is 188 g/mol. The summed E-state index contributed by atoms with van der Waals surface area (Å²) in [5.41, 5.74) is 1.74. The normalized spacial score (nSPS) is 10.1. The highest BCUT2D eigenvalue weighted by Crippen LogP contribution is 2.20. The van der Waals surface area contributed by atoms with Gasteiger partial charge in [0.1, 0.15) is 12.3 Å². The Labute approximate surface area is 80.6 Å². The molecule has 0 aromatic carbocycles. The molecule has 5 nitrogen and oxygen atoms in total. The first kappa shape index (κ1) is 8.51. The second kappa shape index (κ2) is 3.00. The van der Waals surface area contributed by atoms with Gasteiger partial charge in [0.15, 0.2) is 5.69 Å². The van der Waals surface area contributed by atoms with Crippen LogP contribution in [-0.4, -0.2) is 14.8 Å². The molecule has 0 radical (unpaired) electrons. The molecule has 0 aliphatic carbocycles. The quantitative estimate of drug-likeness (QED) is 0.675. The molecule has 5 heteroatoms. The third-order valence-corrected chi connectivity index (χ3v) is 1.78. The lowest BCUT2D eigenvalue weighted by atomic mass is 10.2. The lowest BCUT2D eigenvalue weighted by molar-refractivity contribution is 0.573. The van der Waals surface area contributed by atoms with E-state index in [1.807, 2.05) is 13.0 Å². The first-order valence-corrected chi connectivity index (χ1v) is 4.07. The molecule has 0 N–H and O–H groups in total. The molecular weight excluding hydrogens is 180 g/mol. The average molecular weight is 188 g/mol. The van der Waals surface area contributed by atoms with Gasteiger partial charge in [0.25, 0.3) is 0 Å². The first-order valence-electron chi connectivity index (χ1n) is 4.07. The number of rotatable bonds is 1. The second-order valence-corrected chi connectivity index (χ2v) is 2.97. The van der Waals surface area contributed by atoms with E-state index in [1.165, 1.54) is 0 Å². The standard InChI is InChI=1S/C9H8N4O/c1-6-5-14-9(11-6)7-4-13(2)12-8(7)3-10/h4-5H,1-2H3. The van der Waals surface area contributed by atoms with Crippen LogP contribution in [-0.2, 0) is 7.05 Å². The van der Waals surface area contributed by atoms with Crippen molar-refractivity contribution in [3.05, 3.63) is 23.8 Å². The van der Waals surface area contributed by atoms with Crippen molar-refractivity contribution in [2.45, 2.75) is 6.92 Å². The van der Waals surface area contributed by atoms with Crippen molar-refractivity contribution in [1.82, 2.24) is 14.8 Å². The van der Waals surface area contributed by atoms with Crippen LogP contribution < -0.4 is 0 Å². The van der Waals surface area contributed by atoms with Gasteiger partial charge in [0, 0.05) is 13.2 Å². The summed E-state index contributed by atoms with van der Waals surface area (Å²) in [7, 11) is 1.75. The van der Waals surface area contributed by atoms with E-state index in [0.29, 0.717) is 17.1 Å². The van der Waals surface area contributed by atoms with Crippen LogP contribution >= 0.6 is 0 Å². The molecule has 0 spiro atoms. The lowest BCUT2D eigenvalue weighted by Crippen LogP contribution is -1.86.